The Bertz CT molecular complexity index is 90.7. The largest absolute Gasteiger partial charge is 0.496 e. The van der Waals surface area contributed by atoms with Crippen molar-refractivity contribution in [3.63, 3.8) is 0 Å². The van der Waals surface area contributed by atoms with Crippen LogP contribution in [0.1, 0.15) is 6.92 Å². The van der Waals surface area contributed by atoms with Crippen LogP contribution in [0.4, 0.5) is 0 Å². The van der Waals surface area contributed by atoms with Crippen LogP contribution in [0.2, 0.25) is 0 Å². The summed E-state index contributed by atoms with van der Waals surface area (Å²) in [6, 6.07) is 0. The van der Waals surface area contributed by atoms with Crippen LogP contribution >= 0.6 is 0 Å². The van der Waals surface area contributed by atoms with E-state index in [1.807, 2.05) is 6.92 Å². The Morgan fingerprint density at radius 1 is 1.50 bits per heavy atom. The standard InChI is InChI=1S/C6H10O2/c1-3-8-6-4-5-7-2/h5-6H,3H2,1-2H3. The Kier molecular flexibility index (Phi) is 5.45. The Labute approximate surface area is 49.4 Å². The molecule has 0 saturated carbocycles. The highest BCUT2D eigenvalue weighted by molar-refractivity contribution is 4.70. The van der Waals surface area contributed by atoms with Gasteiger partial charge in [0.25, 0.3) is 0 Å². The Balaban J connectivity index is 3.18. The Hall–Kier alpha value is -0.880. The summed E-state index contributed by atoms with van der Waals surface area (Å²) in [6.07, 6.45) is 2.89. The van der Waals surface area contributed by atoms with E-state index in [4.69, 9.17) is 4.74 Å². The zero-order valence-electron chi connectivity index (χ0n) is 5.18. The van der Waals surface area contributed by atoms with Gasteiger partial charge < -0.3 is 9.47 Å². The summed E-state index contributed by atoms with van der Waals surface area (Å²) in [5, 5.41) is 0. The van der Waals surface area contributed by atoms with Gasteiger partial charge in [-0.3, -0.25) is 0 Å². The van der Waals surface area contributed by atoms with Crippen LogP contribution in [-0.2, 0) is 9.47 Å². The van der Waals surface area contributed by atoms with Crippen LogP contribution in [0, 0.1) is 0 Å². The molecule has 0 aliphatic heterocycles. The molecule has 0 aliphatic carbocycles. The number of methoxy groups -OCH3 is 1. The normalized spacial score (nSPS) is 6.75. The van der Waals surface area contributed by atoms with Crippen molar-refractivity contribution >= 4 is 0 Å². The van der Waals surface area contributed by atoms with Crippen molar-refractivity contribution in [2.45, 2.75) is 6.92 Å². The maximum atomic E-state index is 4.79. The second-order valence-corrected chi connectivity index (χ2v) is 1.09. The first-order valence-corrected chi connectivity index (χ1v) is 2.45. The molecule has 0 bridgehead atoms. The van der Waals surface area contributed by atoms with Gasteiger partial charge in [-0.25, -0.2) is 0 Å². The van der Waals surface area contributed by atoms with Gasteiger partial charge in [-0.15, -0.1) is 0 Å². The summed E-state index contributed by atoms with van der Waals surface area (Å²) in [6.45, 7) is 2.58. The van der Waals surface area contributed by atoms with E-state index in [9.17, 15) is 0 Å². The summed E-state index contributed by atoms with van der Waals surface area (Å²) in [4.78, 5) is 0. The van der Waals surface area contributed by atoms with Crippen molar-refractivity contribution in [3.05, 3.63) is 18.3 Å². The first-order valence-electron chi connectivity index (χ1n) is 2.45. The molecular formula is C6H10O2. The zero-order chi connectivity index (χ0) is 6.24. The van der Waals surface area contributed by atoms with Crippen molar-refractivity contribution in [3.8, 4) is 0 Å². The van der Waals surface area contributed by atoms with Crippen molar-refractivity contribution < 1.29 is 9.47 Å². The number of hydrogen-bond donors (Lipinski definition) is 0. The van der Waals surface area contributed by atoms with Crippen molar-refractivity contribution in [1.29, 1.82) is 0 Å². The van der Waals surface area contributed by atoms with Gasteiger partial charge >= 0.3 is 0 Å². The molecule has 2 nitrogen and oxygen atoms in total. The molecule has 0 aromatic carbocycles. The second kappa shape index (κ2) is 6.12. The number of hydrogen-bond acceptors (Lipinski definition) is 2. The molecule has 0 aliphatic rings. The van der Waals surface area contributed by atoms with Crippen LogP contribution in [0.15, 0.2) is 18.3 Å². The minimum absolute atomic E-state index is 0.671. The van der Waals surface area contributed by atoms with E-state index in [1.165, 1.54) is 12.5 Å². The van der Waals surface area contributed by atoms with Crippen molar-refractivity contribution in [2.24, 2.45) is 0 Å². The minimum Gasteiger partial charge on any atom is -0.496 e. The average molecular weight is 114 g/mol. The molecule has 0 fully saturated rings. The summed E-state index contributed by atoms with van der Waals surface area (Å²) in [5.41, 5.74) is 2.64. The van der Waals surface area contributed by atoms with E-state index < -0.39 is 0 Å². The predicted octanol–water partition coefficient (Wildman–Crippen LogP) is 1.30. The molecule has 0 radical (unpaired) electrons. The minimum atomic E-state index is 0.671. The van der Waals surface area contributed by atoms with E-state index in [0.29, 0.717) is 6.61 Å². The van der Waals surface area contributed by atoms with Gasteiger partial charge in [0.2, 0.25) is 0 Å². The summed E-state index contributed by atoms with van der Waals surface area (Å²) >= 11 is 0. The highest BCUT2D eigenvalue weighted by atomic mass is 16.5. The van der Waals surface area contributed by atoms with Crippen molar-refractivity contribution in [1.82, 2.24) is 0 Å². The van der Waals surface area contributed by atoms with Gasteiger partial charge in [-0.1, -0.05) is 0 Å². The van der Waals surface area contributed by atoms with Gasteiger partial charge in [0, 0.05) is 0 Å². The van der Waals surface area contributed by atoms with Crippen LogP contribution in [0.25, 0.3) is 0 Å². The quantitative estimate of drug-likeness (QED) is 0.406. The third-order valence-corrected chi connectivity index (χ3v) is 0.504. The van der Waals surface area contributed by atoms with Gasteiger partial charge in [-0.05, 0) is 12.7 Å². The second-order valence-electron chi connectivity index (χ2n) is 1.09. The molecule has 0 rings (SSSR count). The molecule has 0 aromatic heterocycles. The van der Waals surface area contributed by atoms with Gasteiger partial charge in [0.15, 0.2) is 0 Å². The first-order chi connectivity index (χ1) is 3.91. The monoisotopic (exact) mass is 114 g/mol. The number of ether oxygens (including phenoxy) is 2. The van der Waals surface area contributed by atoms with E-state index >= 15 is 0 Å². The summed E-state index contributed by atoms with van der Waals surface area (Å²) in [7, 11) is 1.56. The molecule has 0 unspecified atom stereocenters. The molecule has 0 heterocycles. The first kappa shape index (κ1) is 7.12. The smallest absolute Gasteiger partial charge is 0.128 e. The zero-order valence-corrected chi connectivity index (χ0v) is 5.18. The van der Waals surface area contributed by atoms with Crippen LogP contribution in [0.5, 0.6) is 0 Å². The molecule has 0 amide bonds. The van der Waals surface area contributed by atoms with Gasteiger partial charge in [0.05, 0.1) is 13.7 Å². The van der Waals surface area contributed by atoms with E-state index in [1.54, 1.807) is 7.11 Å². The fraction of sp³-hybridized carbons (Fsp3) is 0.500. The average Bonchev–Trinajstić information content (AvgIpc) is 1.81. The lowest BCUT2D eigenvalue weighted by Gasteiger charge is -1.85. The lowest BCUT2D eigenvalue weighted by Crippen LogP contribution is -1.73. The molecular weight excluding hydrogens is 104 g/mol. The molecule has 0 N–H and O–H groups in total. The van der Waals surface area contributed by atoms with E-state index in [2.05, 4.69) is 10.5 Å². The molecule has 0 spiro atoms. The van der Waals surface area contributed by atoms with Crippen LogP contribution < -0.4 is 0 Å². The van der Waals surface area contributed by atoms with Crippen molar-refractivity contribution in [2.75, 3.05) is 13.7 Å². The molecule has 46 valence electrons. The highest BCUT2D eigenvalue weighted by Gasteiger charge is 1.61. The lowest BCUT2D eigenvalue weighted by atomic mass is 10.8. The maximum Gasteiger partial charge on any atom is 0.128 e. The Morgan fingerprint density at radius 3 is 2.75 bits per heavy atom. The Morgan fingerprint density at radius 2 is 2.25 bits per heavy atom. The SMILES string of the molecule is CCOC=C=COC. The van der Waals surface area contributed by atoms with Crippen LogP contribution in [0.3, 0.4) is 0 Å². The third-order valence-electron chi connectivity index (χ3n) is 0.504. The molecule has 8 heavy (non-hydrogen) atoms. The highest BCUT2D eigenvalue weighted by Crippen LogP contribution is 1.72. The van der Waals surface area contributed by atoms with Gasteiger partial charge in [0.1, 0.15) is 12.5 Å². The number of rotatable bonds is 3. The van der Waals surface area contributed by atoms with Gasteiger partial charge in [-0.2, -0.15) is 0 Å². The molecule has 2 heteroatoms. The fourth-order valence-corrected chi connectivity index (χ4v) is 0.227. The van der Waals surface area contributed by atoms with E-state index in [-0.39, 0.29) is 0 Å². The van der Waals surface area contributed by atoms with Crippen LogP contribution in [-0.4, -0.2) is 13.7 Å². The molecule has 0 aromatic rings. The maximum absolute atomic E-state index is 4.79. The van der Waals surface area contributed by atoms with E-state index in [0.717, 1.165) is 0 Å². The molecule has 0 atom stereocenters. The summed E-state index contributed by atoms with van der Waals surface area (Å²) in [5.74, 6) is 0. The predicted molar refractivity (Wildman–Crippen MR) is 31.3 cm³/mol. The lowest BCUT2D eigenvalue weighted by molar-refractivity contribution is 0.268. The third kappa shape index (κ3) is 5.12. The topological polar surface area (TPSA) is 18.5 Å². The molecule has 0 saturated heterocycles. The summed E-state index contributed by atoms with van der Waals surface area (Å²) < 4.78 is 9.33. The fourth-order valence-electron chi connectivity index (χ4n) is 0.227.